The number of nitrogens with zero attached hydrogens (tertiary/aromatic N) is 1. The van der Waals surface area contributed by atoms with Gasteiger partial charge in [-0.25, -0.2) is 0 Å². The molecule has 2 nitrogen and oxygen atoms in total. The summed E-state index contributed by atoms with van der Waals surface area (Å²) in [5.74, 6) is 0.0622. The van der Waals surface area contributed by atoms with E-state index < -0.39 is 0 Å². The minimum atomic E-state index is 0.0622. The molecule has 0 unspecified atom stereocenters. The number of hydrogen-bond acceptors (Lipinski definition) is 1. The van der Waals surface area contributed by atoms with Crippen LogP contribution >= 0.6 is 0 Å². The largest absolute Gasteiger partial charge is 0.340 e. The van der Waals surface area contributed by atoms with Crippen molar-refractivity contribution in [2.75, 3.05) is 13.1 Å². The van der Waals surface area contributed by atoms with Crippen molar-refractivity contribution in [3.8, 4) is 11.1 Å². The molecule has 108 valence electrons. The van der Waals surface area contributed by atoms with Crippen LogP contribution in [0.15, 0.2) is 60.7 Å². The molecule has 21 heavy (non-hydrogen) atoms. The van der Waals surface area contributed by atoms with Crippen molar-refractivity contribution in [2.24, 2.45) is 0 Å². The summed E-state index contributed by atoms with van der Waals surface area (Å²) in [6.07, 6.45) is 3.51. The Labute approximate surface area is 126 Å². The molecule has 2 rings (SSSR count). The Balaban J connectivity index is 2.08. The molecule has 2 aromatic rings. The Morgan fingerprint density at radius 2 is 1.48 bits per heavy atom. The fourth-order valence-corrected chi connectivity index (χ4v) is 2.23. The molecule has 0 spiro atoms. The van der Waals surface area contributed by atoms with Gasteiger partial charge >= 0.3 is 0 Å². The van der Waals surface area contributed by atoms with Gasteiger partial charge < -0.3 is 4.90 Å². The lowest BCUT2D eigenvalue weighted by Gasteiger charge is -2.15. The van der Waals surface area contributed by atoms with E-state index in [-0.39, 0.29) is 5.91 Å². The standard InChI is InChI=1S/C19H21NO/c1-3-20(4-2)19(21)15-12-16-10-13-18(14-11-16)17-8-6-5-7-9-17/h5-15H,3-4H2,1-2H3. The zero-order valence-corrected chi connectivity index (χ0v) is 12.6. The second-order valence-electron chi connectivity index (χ2n) is 4.83. The van der Waals surface area contributed by atoms with E-state index in [1.165, 1.54) is 11.1 Å². The van der Waals surface area contributed by atoms with Gasteiger partial charge in [-0.1, -0.05) is 54.6 Å². The fraction of sp³-hybridized carbons (Fsp3) is 0.211. The van der Waals surface area contributed by atoms with E-state index in [2.05, 4.69) is 24.3 Å². The smallest absolute Gasteiger partial charge is 0.246 e. The molecule has 0 aromatic heterocycles. The van der Waals surface area contributed by atoms with Gasteiger partial charge in [0.25, 0.3) is 0 Å². The Kier molecular flexibility index (Phi) is 5.33. The average molecular weight is 279 g/mol. The third kappa shape index (κ3) is 4.06. The Morgan fingerprint density at radius 1 is 0.905 bits per heavy atom. The first-order valence-corrected chi connectivity index (χ1v) is 7.37. The number of benzene rings is 2. The Bertz CT molecular complexity index is 595. The van der Waals surface area contributed by atoms with Crippen molar-refractivity contribution >= 4 is 12.0 Å². The van der Waals surface area contributed by atoms with Gasteiger partial charge in [0.05, 0.1) is 0 Å². The SMILES string of the molecule is CCN(CC)C(=O)C=Cc1ccc(-c2ccccc2)cc1. The first kappa shape index (κ1) is 15.0. The first-order chi connectivity index (χ1) is 10.2. The lowest BCUT2D eigenvalue weighted by Crippen LogP contribution is -2.28. The number of amides is 1. The third-order valence-corrected chi connectivity index (χ3v) is 3.51. The van der Waals surface area contributed by atoms with Crippen LogP contribution in [0, 0.1) is 0 Å². The Morgan fingerprint density at radius 3 is 2.05 bits per heavy atom. The van der Waals surface area contributed by atoms with Crippen LogP contribution in [0.4, 0.5) is 0 Å². The summed E-state index contributed by atoms with van der Waals surface area (Å²) in [5, 5.41) is 0. The highest BCUT2D eigenvalue weighted by Crippen LogP contribution is 2.19. The molecule has 0 saturated carbocycles. The lowest BCUT2D eigenvalue weighted by molar-refractivity contribution is -0.125. The van der Waals surface area contributed by atoms with Crippen LogP contribution in [-0.2, 0) is 4.79 Å². The maximum absolute atomic E-state index is 11.9. The summed E-state index contributed by atoms with van der Waals surface area (Å²) >= 11 is 0. The van der Waals surface area contributed by atoms with Crippen molar-refractivity contribution in [2.45, 2.75) is 13.8 Å². The van der Waals surface area contributed by atoms with Gasteiger partial charge in [-0.2, -0.15) is 0 Å². The van der Waals surface area contributed by atoms with E-state index in [0.717, 1.165) is 18.7 Å². The maximum atomic E-state index is 11.9. The van der Waals surface area contributed by atoms with Gasteiger partial charge in [0.1, 0.15) is 0 Å². The summed E-state index contributed by atoms with van der Waals surface area (Å²) < 4.78 is 0. The van der Waals surface area contributed by atoms with E-state index >= 15 is 0 Å². The van der Waals surface area contributed by atoms with E-state index in [9.17, 15) is 4.79 Å². The molecule has 0 bridgehead atoms. The van der Waals surface area contributed by atoms with Crippen molar-refractivity contribution in [1.82, 2.24) is 4.90 Å². The van der Waals surface area contributed by atoms with Gasteiger partial charge in [-0.05, 0) is 36.6 Å². The van der Waals surface area contributed by atoms with E-state index in [4.69, 9.17) is 0 Å². The Hall–Kier alpha value is -2.35. The number of likely N-dealkylation sites (N-methyl/N-ethyl adjacent to an activating group) is 1. The number of carbonyl (C=O) groups excluding carboxylic acids is 1. The maximum Gasteiger partial charge on any atom is 0.246 e. The van der Waals surface area contributed by atoms with Gasteiger partial charge in [0, 0.05) is 19.2 Å². The molecule has 0 saturated heterocycles. The van der Waals surface area contributed by atoms with Crippen LogP contribution in [0.2, 0.25) is 0 Å². The predicted octanol–water partition coefficient (Wildman–Crippen LogP) is 4.24. The minimum absolute atomic E-state index is 0.0622. The highest BCUT2D eigenvalue weighted by atomic mass is 16.2. The zero-order chi connectivity index (χ0) is 15.1. The average Bonchev–Trinajstić information content (AvgIpc) is 2.55. The monoisotopic (exact) mass is 279 g/mol. The molecule has 0 radical (unpaired) electrons. The first-order valence-electron chi connectivity index (χ1n) is 7.37. The second kappa shape index (κ2) is 7.44. The van der Waals surface area contributed by atoms with E-state index in [1.54, 1.807) is 11.0 Å². The van der Waals surface area contributed by atoms with Gasteiger partial charge in [0.15, 0.2) is 0 Å². The van der Waals surface area contributed by atoms with Crippen molar-refractivity contribution in [3.05, 3.63) is 66.2 Å². The van der Waals surface area contributed by atoms with Crippen LogP contribution in [0.5, 0.6) is 0 Å². The molecular formula is C19H21NO. The fourth-order valence-electron chi connectivity index (χ4n) is 2.23. The molecule has 0 atom stereocenters. The summed E-state index contributed by atoms with van der Waals surface area (Å²) in [5.41, 5.74) is 3.42. The lowest BCUT2D eigenvalue weighted by atomic mass is 10.0. The molecule has 0 heterocycles. The minimum Gasteiger partial charge on any atom is -0.340 e. The van der Waals surface area contributed by atoms with Crippen molar-refractivity contribution in [1.29, 1.82) is 0 Å². The molecule has 0 aliphatic rings. The second-order valence-corrected chi connectivity index (χ2v) is 4.83. The van der Waals surface area contributed by atoms with Crippen LogP contribution in [0.3, 0.4) is 0 Å². The van der Waals surface area contributed by atoms with Crippen LogP contribution in [0.1, 0.15) is 19.4 Å². The molecular weight excluding hydrogens is 258 g/mol. The molecule has 0 fully saturated rings. The van der Waals surface area contributed by atoms with E-state index in [1.807, 2.05) is 50.3 Å². The van der Waals surface area contributed by atoms with Crippen LogP contribution in [-0.4, -0.2) is 23.9 Å². The van der Waals surface area contributed by atoms with Crippen molar-refractivity contribution in [3.63, 3.8) is 0 Å². The summed E-state index contributed by atoms with van der Waals surface area (Å²) in [7, 11) is 0. The summed E-state index contributed by atoms with van der Waals surface area (Å²) in [4.78, 5) is 13.7. The topological polar surface area (TPSA) is 20.3 Å². The summed E-state index contributed by atoms with van der Waals surface area (Å²) in [6, 6.07) is 18.5. The van der Waals surface area contributed by atoms with Gasteiger partial charge in [-0.3, -0.25) is 4.79 Å². The van der Waals surface area contributed by atoms with Gasteiger partial charge in [-0.15, -0.1) is 0 Å². The molecule has 0 aliphatic carbocycles. The van der Waals surface area contributed by atoms with Crippen molar-refractivity contribution < 1.29 is 4.79 Å². The van der Waals surface area contributed by atoms with Crippen LogP contribution < -0.4 is 0 Å². The van der Waals surface area contributed by atoms with E-state index in [0.29, 0.717) is 0 Å². The highest BCUT2D eigenvalue weighted by molar-refractivity contribution is 5.91. The molecule has 0 aliphatic heterocycles. The van der Waals surface area contributed by atoms with Crippen LogP contribution in [0.25, 0.3) is 17.2 Å². The molecule has 0 N–H and O–H groups in total. The highest BCUT2D eigenvalue weighted by Gasteiger charge is 2.04. The quantitative estimate of drug-likeness (QED) is 0.750. The number of carbonyl (C=O) groups is 1. The normalized spacial score (nSPS) is 10.8. The predicted molar refractivity (Wildman–Crippen MR) is 88.8 cm³/mol. The molecule has 1 amide bonds. The summed E-state index contributed by atoms with van der Waals surface area (Å²) in [6.45, 7) is 5.47. The number of hydrogen-bond donors (Lipinski definition) is 0. The molecule has 2 heteroatoms. The van der Waals surface area contributed by atoms with Gasteiger partial charge in [0.2, 0.25) is 5.91 Å². The number of rotatable bonds is 5. The molecule has 2 aromatic carbocycles. The third-order valence-electron chi connectivity index (χ3n) is 3.51. The zero-order valence-electron chi connectivity index (χ0n) is 12.6.